The smallest absolute Gasteiger partial charge is 0.250 e. The summed E-state index contributed by atoms with van der Waals surface area (Å²) in [5.41, 5.74) is 1.71. The number of benzene rings is 2. The van der Waals surface area contributed by atoms with Gasteiger partial charge >= 0.3 is 0 Å². The normalized spacial score (nSPS) is 10.3. The van der Waals surface area contributed by atoms with E-state index in [1.54, 1.807) is 13.2 Å². The molecule has 23 heavy (non-hydrogen) atoms. The van der Waals surface area contributed by atoms with Gasteiger partial charge in [0.25, 0.3) is 0 Å². The van der Waals surface area contributed by atoms with E-state index in [4.69, 9.17) is 14.2 Å². The summed E-state index contributed by atoms with van der Waals surface area (Å²) in [7, 11) is 1.59. The van der Waals surface area contributed by atoms with Crippen LogP contribution in [0.4, 0.5) is 5.69 Å². The van der Waals surface area contributed by atoms with Crippen LogP contribution >= 0.6 is 0 Å². The number of anilines is 1. The standard InChI is InChI=1S/C18H21NO4/c1-14-6-5-7-15(12-14)23-17-9-4-3-8-16(17)19-18(20)13-22-11-10-21-2/h3-9,12H,10-11,13H2,1-2H3,(H,19,20). The van der Waals surface area contributed by atoms with Crippen molar-refractivity contribution in [3.63, 3.8) is 0 Å². The minimum atomic E-state index is -0.235. The van der Waals surface area contributed by atoms with Crippen LogP contribution in [0.15, 0.2) is 48.5 Å². The van der Waals surface area contributed by atoms with Gasteiger partial charge in [0.2, 0.25) is 5.91 Å². The van der Waals surface area contributed by atoms with Gasteiger partial charge in [-0.1, -0.05) is 24.3 Å². The highest BCUT2D eigenvalue weighted by Gasteiger charge is 2.08. The van der Waals surface area contributed by atoms with E-state index in [0.29, 0.717) is 24.7 Å². The van der Waals surface area contributed by atoms with Gasteiger partial charge in [-0.15, -0.1) is 0 Å². The summed E-state index contributed by atoms with van der Waals surface area (Å²) in [4.78, 5) is 11.9. The molecule has 5 nitrogen and oxygen atoms in total. The molecule has 0 atom stereocenters. The number of nitrogens with one attached hydrogen (secondary N) is 1. The first-order valence-electron chi connectivity index (χ1n) is 7.39. The second-order valence-electron chi connectivity index (χ2n) is 5.01. The molecule has 5 heteroatoms. The molecule has 1 amide bonds. The van der Waals surface area contributed by atoms with Gasteiger partial charge in [0.1, 0.15) is 12.4 Å². The Labute approximate surface area is 136 Å². The predicted octanol–water partition coefficient (Wildman–Crippen LogP) is 3.39. The minimum Gasteiger partial charge on any atom is -0.455 e. The van der Waals surface area contributed by atoms with Gasteiger partial charge in [-0.3, -0.25) is 4.79 Å². The van der Waals surface area contributed by atoms with Crippen LogP contribution < -0.4 is 10.1 Å². The molecule has 0 radical (unpaired) electrons. The van der Waals surface area contributed by atoms with Crippen molar-refractivity contribution in [3.8, 4) is 11.5 Å². The largest absolute Gasteiger partial charge is 0.455 e. The van der Waals surface area contributed by atoms with Gasteiger partial charge in [0.15, 0.2) is 5.75 Å². The first-order valence-corrected chi connectivity index (χ1v) is 7.39. The molecule has 0 aliphatic carbocycles. The van der Waals surface area contributed by atoms with Gasteiger partial charge in [-0.05, 0) is 36.8 Å². The van der Waals surface area contributed by atoms with Crippen molar-refractivity contribution in [2.45, 2.75) is 6.92 Å². The lowest BCUT2D eigenvalue weighted by atomic mass is 10.2. The maximum atomic E-state index is 11.9. The van der Waals surface area contributed by atoms with E-state index in [0.717, 1.165) is 11.3 Å². The number of aryl methyl sites for hydroxylation is 1. The van der Waals surface area contributed by atoms with Crippen molar-refractivity contribution in [1.29, 1.82) is 0 Å². The lowest BCUT2D eigenvalue weighted by molar-refractivity contribution is -0.121. The fourth-order valence-corrected chi connectivity index (χ4v) is 1.96. The number of carbonyl (C=O) groups excluding carboxylic acids is 1. The van der Waals surface area contributed by atoms with Crippen molar-refractivity contribution in [2.75, 3.05) is 32.2 Å². The SMILES string of the molecule is COCCOCC(=O)Nc1ccccc1Oc1cccc(C)c1. The fourth-order valence-electron chi connectivity index (χ4n) is 1.96. The summed E-state index contributed by atoms with van der Waals surface area (Å²) in [6.45, 7) is 2.81. The molecule has 2 aromatic carbocycles. The number of para-hydroxylation sites is 2. The van der Waals surface area contributed by atoms with E-state index in [2.05, 4.69) is 5.32 Å². The average molecular weight is 315 g/mol. The Kier molecular flexibility index (Phi) is 6.59. The molecular weight excluding hydrogens is 294 g/mol. The van der Waals surface area contributed by atoms with Crippen LogP contribution in [0.3, 0.4) is 0 Å². The van der Waals surface area contributed by atoms with Crippen LogP contribution in [0.1, 0.15) is 5.56 Å². The molecular formula is C18H21NO4. The first-order chi connectivity index (χ1) is 11.2. The molecule has 1 N–H and O–H groups in total. The molecule has 0 fully saturated rings. The van der Waals surface area contributed by atoms with E-state index in [1.807, 2.05) is 49.4 Å². The van der Waals surface area contributed by atoms with Crippen molar-refractivity contribution < 1.29 is 19.0 Å². The Morgan fingerprint density at radius 2 is 1.91 bits per heavy atom. The first kappa shape index (κ1) is 17.0. The maximum absolute atomic E-state index is 11.9. The molecule has 2 aromatic rings. The van der Waals surface area contributed by atoms with E-state index in [-0.39, 0.29) is 12.5 Å². The van der Waals surface area contributed by atoms with Crippen LogP contribution in [0.5, 0.6) is 11.5 Å². The van der Waals surface area contributed by atoms with Gasteiger partial charge < -0.3 is 19.5 Å². The van der Waals surface area contributed by atoms with Crippen molar-refractivity contribution in [2.24, 2.45) is 0 Å². The number of hydrogen-bond donors (Lipinski definition) is 1. The fraction of sp³-hybridized carbons (Fsp3) is 0.278. The predicted molar refractivity (Wildman–Crippen MR) is 89.0 cm³/mol. The lowest BCUT2D eigenvalue weighted by Crippen LogP contribution is -2.19. The Balaban J connectivity index is 1.98. The van der Waals surface area contributed by atoms with E-state index >= 15 is 0 Å². The summed E-state index contributed by atoms with van der Waals surface area (Å²) in [5.74, 6) is 1.08. The van der Waals surface area contributed by atoms with E-state index in [1.165, 1.54) is 0 Å². The van der Waals surface area contributed by atoms with Crippen molar-refractivity contribution in [3.05, 3.63) is 54.1 Å². The average Bonchev–Trinajstić information content (AvgIpc) is 2.53. The Hall–Kier alpha value is -2.37. The summed E-state index contributed by atoms with van der Waals surface area (Å²) in [5, 5.41) is 2.79. The zero-order valence-electron chi connectivity index (χ0n) is 13.4. The number of hydrogen-bond acceptors (Lipinski definition) is 4. The zero-order valence-corrected chi connectivity index (χ0v) is 13.4. The minimum absolute atomic E-state index is 0.0257. The molecule has 0 unspecified atom stereocenters. The third-order valence-electron chi connectivity index (χ3n) is 3.04. The van der Waals surface area contributed by atoms with Gasteiger partial charge in [0, 0.05) is 7.11 Å². The lowest BCUT2D eigenvalue weighted by Gasteiger charge is -2.12. The number of ether oxygens (including phenoxy) is 3. The summed E-state index contributed by atoms with van der Waals surface area (Å²) in [6, 6.07) is 15.0. The Bertz CT molecular complexity index is 642. The Morgan fingerprint density at radius 1 is 1.09 bits per heavy atom. The number of methoxy groups -OCH3 is 1. The number of amides is 1. The molecule has 0 aliphatic rings. The second-order valence-corrected chi connectivity index (χ2v) is 5.01. The molecule has 122 valence electrons. The third-order valence-corrected chi connectivity index (χ3v) is 3.04. The van der Waals surface area contributed by atoms with Crippen LogP contribution in [-0.4, -0.2) is 32.8 Å². The summed E-state index contributed by atoms with van der Waals surface area (Å²) < 4.78 is 15.9. The molecule has 0 bridgehead atoms. The highest BCUT2D eigenvalue weighted by molar-refractivity contribution is 5.93. The van der Waals surface area contributed by atoms with Gasteiger partial charge in [-0.25, -0.2) is 0 Å². The Morgan fingerprint density at radius 3 is 2.70 bits per heavy atom. The highest BCUT2D eigenvalue weighted by atomic mass is 16.5. The van der Waals surface area contributed by atoms with E-state index < -0.39 is 0 Å². The number of rotatable bonds is 8. The summed E-state index contributed by atoms with van der Waals surface area (Å²) in [6.07, 6.45) is 0. The van der Waals surface area contributed by atoms with Gasteiger partial charge in [0.05, 0.1) is 18.9 Å². The van der Waals surface area contributed by atoms with Gasteiger partial charge in [-0.2, -0.15) is 0 Å². The number of carbonyl (C=O) groups is 1. The zero-order chi connectivity index (χ0) is 16.5. The third kappa shape index (κ3) is 5.73. The maximum Gasteiger partial charge on any atom is 0.250 e. The van der Waals surface area contributed by atoms with Crippen LogP contribution in [0.25, 0.3) is 0 Å². The second kappa shape index (κ2) is 8.92. The molecule has 0 heterocycles. The topological polar surface area (TPSA) is 56.8 Å². The summed E-state index contributed by atoms with van der Waals surface area (Å²) >= 11 is 0. The molecule has 0 aliphatic heterocycles. The quantitative estimate of drug-likeness (QED) is 0.759. The van der Waals surface area contributed by atoms with Crippen LogP contribution in [0, 0.1) is 6.92 Å². The van der Waals surface area contributed by atoms with Crippen LogP contribution in [0.2, 0.25) is 0 Å². The molecule has 0 spiro atoms. The van der Waals surface area contributed by atoms with E-state index in [9.17, 15) is 4.79 Å². The van der Waals surface area contributed by atoms with Crippen molar-refractivity contribution in [1.82, 2.24) is 0 Å². The molecule has 0 saturated heterocycles. The molecule has 2 rings (SSSR count). The van der Waals surface area contributed by atoms with Crippen LogP contribution in [-0.2, 0) is 14.3 Å². The molecule has 0 saturated carbocycles. The molecule has 0 aromatic heterocycles. The van der Waals surface area contributed by atoms with Crippen molar-refractivity contribution >= 4 is 11.6 Å². The highest BCUT2D eigenvalue weighted by Crippen LogP contribution is 2.29. The monoisotopic (exact) mass is 315 g/mol.